The molecular formula is C24H22NO8P. The monoisotopic (exact) mass is 483 g/mol. The number of carboxylic acid groups (broad SMARTS) is 1. The van der Waals surface area contributed by atoms with Gasteiger partial charge in [0.2, 0.25) is 0 Å². The van der Waals surface area contributed by atoms with Gasteiger partial charge in [-0.15, -0.1) is 0 Å². The maximum absolute atomic E-state index is 12.9. The molecule has 34 heavy (non-hydrogen) atoms. The van der Waals surface area contributed by atoms with Crippen LogP contribution in [0.5, 0.6) is 5.75 Å². The van der Waals surface area contributed by atoms with Crippen LogP contribution in [0.4, 0.5) is 5.69 Å². The molecule has 4 rings (SSSR count). The van der Waals surface area contributed by atoms with Crippen LogP contribution in [0.1, 0.15) is 24.2 Å². The van der Waals surface area contributed by atoms with Crippen LogP contribution in [0.3, 0.4) is 0 Å². The van der Waals surface area contributed by atoms with Crippen molar-refractivity contribution in [3.05, 3.63) is 70.4 Å². The van der Waals surface area contributed by atoms with Crippen LogP contribution >= 0.6 is 7.75 Å². The van der Waals surface area contributed by atoms with Crippen molar-refractivity contribution in [3.8, 4) is 28.2 Å². The Bertz CT molecular complexity index is 1450. The Kier molecular flexibility index (Phi) is 6.43. The van der Waals surface area contributed by atoms with Crippen LogP contribution in [0.2, 0.25) is 0 Å². The molecule has 10 heteroatoms. The van der Waals surface area contributed by atoms with Gasteiger partial charge in [0, 0.05) is 34.3 Å². The van der Waals surface area contributed by atoms with Gasteiger partial charge in [0.15, 0.2) is 5.43 Å². The highest BCUT2D eigenvalue weighted by Crippen LogP contribution is 2.49. The molecule has 0 fully saturated rings. The first-order chi connectivity index (χ1) is 16.2. The highest BCUT2D eigenvalue weighted by Gasteiger charge is 2.26. The lowest BCUT2D eigenvalue weighted by Crippen LogP contribution is -2.07. The zero-order valence-corrected chi connectivity index (χ0v) is 19.3. The van der Waals surface area contributed by atoms with Crippen molar-refractivity contribution in [2.45, 2.75) is 13.8 Å². The number of hydrogen-bond donors (Lipinski definition) is 3. The lowest BCUT2D eigenvalue weighted by Gasteiger charge is -2.20. The summed E-state index contributed by atoms with van der Waals surface area (Å²) in [5.41, 5.74) is 1.54. The number of carbonyl (C=O) groups is 1. The molecular weight excluding hydrogens is 461 g/mol. The molecule has 0 bridgehead atoms. The Hall–Kier alpha value is -3.65. The van der Waals surface area contributed by atoms with Gasteiger partial charge < -0.3 is 14.6 Å². The zero-order chi connectivity index (χ0) is 24.5. The molecule has 0 atom stereocenters. The molecule has 0 unspecified atom stereocenters. The van der Waals surface area contributed by atoms with Crippen LogP contribution < -0.4 is 10.5 Å². The molecule has 1 aliphatic heterocycles. The third-order valence-corrected chi connectivity index (χ3v) is 6.79. The Balaban J connectivity index is 1.95. The summed E-state index contributed by atoms with van der Waals surface area (Å²) in [5, 5.41) is 23.2. The number of carboxylic acids is 1. The van der Waals surface area contributed by atoms with Crippen molar-refractivity contribution in [3.63, 3.8) is 0 Å². The topological polar surface area (TPSA) is 135 Å². The summed E-state index contributed by atoms with van der Waals surface area (Å²) < 4.78 is 29.2. The molecule has 0 spiro atoms. The van der Waals surface area contributed by atoms with Crippen molar-refractivity contribution in [1.82, 2.24) is 0 Å². The summed E-state index contributed by atoms with van der Waals surface area (Å²) in [6.45, 7) is 3.60. The van der Waals surface area contributed by atoms with Crippen LogP contribution in [-0.4, -0.2) is 29.4 Å². The van der Waals surface area contributed by atoms with Crippen molar-refractivity contribution in [2.75, 3.05) is 18.3 Å². The highest BCUT2D eigenvalue weighted by atomic mass is 31.2. The average Bonchev–Trinajstić information content (AvgIpc) is 2.77. The van der Waals surface area contributed by atoms with Gasteiger partial charge in [0.1, 0.15) is 17.1 Å². The maximum atomic E-state index is 12.9. The molecule has 2 aliphatic rings. The fraction of sp³-hybridized carbons (Fsp3) is 0.167. The fourth-order valence-electron chi connectivity index (χ4n) is 3.76. The number of phenols is 1. The largest absolute Gasteiger partial charge is 0.508 e. The third-order valence-electron chi connectivity index (χ3n) is 5.06. The summed E-state index contributed by atoms with van der Waals surface area (Å²) >= 11 is 0. The lowest BCUT2D eigenvalue weighted by molar-refractivity contribution is 0.0697. The molecule has 176 valence electrons. The molecule has 0 saturated carbocycles. The number of phenolic OH excluding ortho intramolecular Hbond substituents is 1. The molecule has 3 N–H and O–H groups in total. The standard InChI is InChI=1S/C24H22NO8P/c1-3-31-34(30,32-4-2)25-14-5-8-17(20(11-14)24(28)29)23-18-9-6-15(26)12-21(18)33-22-13-16(27)7-10-19(22)23/h5-13,26H,3-4H2,1-2H3,(H,25,30)(H,28,29). The summed E-state index contributed by atoms with van der Waals surface area (Å²) in [5.74, 6) is -1.01. The fourth-order valence-corrected chi connectivity index (χ4v) is 5.10. The van der Waals surface area contributed by atoms with Crippen molar-refractivity contribution >= 4 is 30.4 Å². The van der Waals surface area contributed by atoms with Gasteiger partial charge in [-0.25, -0.2) is 9.36 Å². The van der Waals surface area contributed by atoms with E-state index in [-0.39, 0.29) is 47.0 Å². The normalized spacial score (nSPS) is 11.7. The van der Waals surface area contributed by atoms with E-state index >= 15 is 0 Å². The van der Waals surface area contributed by atoms with E-state index < -0.39 is 13.7 Å². The van der Waals surface area contributed by atoms with Gasteiger partial charge in [-0.05, 0) is 55.8 Å². The second kappa shape index (κ2) is 9.30. The van der Waals surface area contributed by atoms with Gasteiger partial charge in [-0.2, -0.15) is 0 Å². The van der Waals surface area contributed by atoms with E-state index in [1.165, 1.54) is 30.3 Å². The summed E-state index contributed by atoms with van der Waals surface area (Å²) in [4.78, 5) is 24.2. The smallest absolute Gasteiger partial charge is 0.432 e. The second-order valence-electron chi connectivity index (χ2n) is 7.33. The molecule has 0 amide bonds. The van der Waals surface area contributed by atoms with Crippen LogP contribution in [0.15, 0.2) is 63.8 Å². The number of fused-ring (bicyclic) bond motifs is 2. The van der Waals surface area contributed by atoms with E-state index in [1.807, 2.05) is 0 Å². The number of anilines is 1. The maximum Gasteiger partial charge on any atom is 0.432 e. The van der Waals surface area contributed by atoms with Crippen molar-refractivity contribution in [2.24, 2.45) is 0 Å². The van der Waals surface area contributed by atoms with Crippen molar-refractivity contribution in [1.29, 1.82) is 0 Å². The molecule has 1 heterocycles. The van der Waals surface area contributed by atoms with E-state index in [9.17, 15) is 24.4 Å². The summed E-state index contributed by atoms with van der Waals surface area (Å²) in [7, 11) is -3.69. The molecule has 0 aromatic heterocycles. The van der Waals surface area contributed by atoms with Crippen LogP contribution in [0, 0.1) is 0 Å². The van der Waals surface area contributed by atoms with Crippen LogP contribution in [0.25, 0.3) is 33.4 Å². The van der Waals surface area contributed by atoms with E-state index in [2.05, 4.69) is 5.09 Å². The molecule has 2 aromatic rings. The molecule has 0 radical (unpaired) electrons. The first-order valence-corrected chi connectivity index (χ1v) is 12.0. The van der Waals surface area contributed by atoms with Gasteiger partial charge in [-0.3, -0.25) is 18.9 Å². The zero-order valence-electron chi connectivity index (χ0n) is 18.4. The van der Waals surface area contributed by atoms with Crippen molar-refractivity contribution < 1.29 is 33.0 Å². The SMILES string of the molecule is CCOP(=O)(Nc1ccc(-c2c3ccc(=O)cc-3oc3cc(O)ccc23)c(C(=O)O)c1)OCC. The van der Waals surface area contributed by atoms with Gasteiger partial charge in [0.05, 0.1) is 18.8 Å². The van der Waals surface area contributed by atoms with Crippen LogP contribution in [-0.2, 0) is 13.6 Å². The van der Waals surface area contributed by atoms with Gasteiger partial charge in [0.25, 0.3) is 0 Å². The Morgan fingerprint density at radius 1 is 1.00 bits per heavy atom. The number of rotatable bonds is 8. The predicted octanol–water partition coefficient (Wildman–Crippen LogP) is 5.56. The molecule has 2 aromatic carbocycles. The minimum atomic E-state index is -3.69. The minimum absolute atomic E-state index is 0.0413. The van der Waals surface area contributed by atoms with E-state index in [1.54, 1.807) is 38.1 Å². The van der Waals surface area contributed by atoms with Gasteiger partial charge in [-0.1, -0.05) is 6.07 Å². The highest BCUT2D eigenvalue weighted by molar-refractivity contribution is 7.55. The lowest BCUT2D eigenvalue weighted by atomic mass is 9.90. The average molecular weight is 483 g/mol. The van der Waals surface area contributed by atoms with E-state index in [4.69, 9.17) is 13.5 Å². The Morgan fingerprint density at radius 2 is 1.71 bits per heavy atom. The number of aromatic carboxylic acids is 1. The molecule has 9 nitrogen and oxygen atoms in total. The Labute approximate surface area is 194 Å². The minimum Gasteiger partial charge on any atom is -0.508 e. The second-order valence-corrected chi connectivity index (χ2v) is 9.06. The number of nitrogens with one attached hydrogen (secondary N) is 1. The van der Waals surface area contributed by atoms with Gasteiger partial charge >= 0.3 is 13.7 Å². The molecule has 1 aliphatic carbocycles. The molecule has 0 saturated heterocycles. The van der Waals surface area contributed by atoms with E-state index in [0.717, 1.165) is 0 Å². The summed E-state index contributed by atoms with van der Waals surface area (Å²) in [6.07, 6.45) is 0. The number of benzene rings is 3. The third kappa shape index (κ3) is 4.54. The number of aromatic hydroxyl groups is 1. The Morgan fingerprint density at radius 3 is 2.38 bits per heavy atom. The number of hydrogen-bond acceptors (Lipinski definition) is 7. The quantitative estimate of drug-likeness (QED) is 0.217. The first kappa shape index (κ1) is 23.5. The first-order valence-electron chi connectivity index (χ1n) is 10.5. The van der Waals surface area contributed by atoms with E-state index in [0.29, 0.717) is 22.1 Å². The summed E-state index contributed by atoms with van der Waals surface area (Å²) in [6, 6.07) is 13.2. The predicted molar refractivity (Wildman–Crippen MR) is 128 cm³/mol.